The first-order valence-electron chi connectivity index (χ1n) is 6.34. The third-order valence-corrected chi connectivity index (χ3v) is 6.47. The van der Waals surface area contributed by atoms with E-state index in [9.17, 15) is 8.42 Å². The van der Waals surface area contributed by atoms with E-state index in [2.05, 4.69) is 0 Å². The number of thiophene rings is 1. The molecule has 0 radical (unpaired) electrons. The zero-order valence-corrected chi connectivity index (χ0v) is 14.2. The number of benzene rings is 1. The van der Waals surface area contributed by atoms with Crippen LogP contribution in [-0.4, -0.2) is 19.8 Å². The first-order valence-corrected chi connectivity index (χ1v) is 8.98. The Morgan fingerprint density at radius 1 is 1.33 bits per heavy atom. The monoisotopic (exact) mass is 344 g/mol. The number of hydrogen-bond acceptors (Lipinski definition) is 4. The molecule has 0 aliphatic heterocycles. The Morgan fingerprint density at radius 2 is 2.05 bits per heavy atom. The fourth-order valence-electron chi connectivity index (χ4n) is 2.03. The van der Waals surface area contributed by atoms with Crippen LogP contribution in [0.3, 0.4) is 0 Å². The number of rotatable bonds is 5. The van der Waals surface area contributed by atoms with Crippen LogP contribution >= 0.6 is 22.9 Å². The molecule has 2 N–H and O–H groups in total. The van der Waals surface area contributed by atoms with Crippen LogP contribution in [0, 0.1) is 6.92 Å². The molecule has 7 heteroatoms. The summed E-state index contributed by atoms with van der Waals surface area (Å²) in [7, 11) is -1.96. The summed E-state index contributed by atoms with van der Waals surface area (Å²) in [6, 6.07) is 8.84. The molecule has 0 fully saturated rings. The Kier molecular flexibility index (Phi) is 5.06. The van der Waals surface area contributed by atoms with Crippen molar-refractivity contribution in [2.24, 2.45) is 5.73 Å². The molecule has 1 aromatic carbocycles. The SMILES string of the molecule is Cc1sc(CN)cc1S(=O)(=O)N(C)Cc1cccc(Cl)c1. The molecule has 4 nitrogen and oxygen atoms in total. The van der Waals surface area contributed by atoms with Crippen molar-refractivity contribution in [1.29, 1.82) is 0 Å². The molecule has 0 saturated heterocycles. The predicted molar refractivity (Wildman–Crippen MR) is 87.1 cm³/mol. The maximum absolute atomic E-state index is 12.6. The van der Waals surface area contributed by atoms with Gasteiger partial charge in [0.05, 0.1) is 4.90 Å². The summed E-state index contributed by atoms with van der Waals surface area (Å²) in [6.45, 7) is 2.42. The summed E-state index contributed by atoms with van der Waals surface area (Å²) in [6.07, 6.45) is 0. The smallest absolute Gasteiger partial charge is 0.244 e. The highest BCUT2D eigenvalue weighted by Gasteiger charge is 2.24. The molecule has 2 rings (SSSR count). The fourth-order valence-corrected chi connectivity index (χ4v) is 4.88. The number of sulfonamides is 1. The van der Waals surface area contributed by atoms with Crippen molar-refractivity contribution in [2.45, 2.75) is 24.9 Å². The Balaban J connectivity index is 2.28. The number of aryl methyl sites for hydroxylation is 1. The molecule has 0 aliphatic carbocycles. The lowest BCUT2D eigenvalue weighted by molar-refractivity contribution is 0.466. The van der Waals surface area contributed by atoms with Gasteiger partial charge in [0, 0.05) is 34.9 Å². The fraction of sp³-hybridized carbons (Fsp3) is 0.286. The first-order chi connectivity index (χ1) is 9.84. The number of hydrogen-bond donors (Lipinski definition) is 1. The van der Waals surface area contributed by atoms with Crippen LogP contribution in [0.15, 0.2) is 35.2 Å². The molecule has 1 heterocycles. The number of halogens is 1. The molecule has 0 saturated carbocycles. The molecule has 0 unspecified atom stereocenters. The third kappa shape index (κ3) is 3.64. The van der Waals surface area contributed by atoms with Crippen LogP contribution in [0.25, 0.3) is 0 Å². The number of nitrogens with two attached hydrogens (primary N) is 1. The average Bonchev–Trinajstić information content (AvgIpc) is 2.80. The summed E-state index contributed by atoms with van der Waals surface area (Å²) in [5, 5.41) is 0.593. The van der Waals surface area contributed by atoms with E-state index >= 15 is 0 Å². The molecule has 0 atom stereocenters. The van der Waals surface area contributed by atoms with E-state index in [4.69, 9.17) is 17.3 Å². The van der Waals surface area contributed by atoms with E-state index in [1.807, 2.05) is 6.07 Å². The van der Waals surface area contributed by atoms with Gasteiger partial charge in [-0.2, -0.15) is 4.31 Å². The van der Waals surface area contributed by atoms with E-state index in [1.54, 1.807) is 38.2 Å². The second-order valence-corrected chi connectivity index (χ2v) is 8.52. The Bertz CT molecular complexity index is 741. The predicted octanol–water partition coefficient (Wildman–Crippen LogP) is 2.99. The van der Waals surface area contributed by atoms with Crippen molar-refractivity contribution in [3.05, 3.63) is 50.7 Å². The van der Waals surface area contributed by atoms with E-state index in [-0.39, 0.29) is 6.54 Å². The van der Waals surface area contributed by atoms with Gasteiger partial charge >= 0.3 is 0 Å². The van der Waals surface area contributed by atoms with Crippen molar-refractivity contribution in [3.8, 4) is 0 Å². The second kappa shape index (κ2) is 6.46. The van der Waals surface area contributed by atoms with Crippen LogP contribution in [-0.2, 0) is 23.1 Å². The molecule has 0 bridgehead atoms. The van der Waals surface area contributed by atoms with Crippen LogP contribution in [0.1, 0.15) is 15.3 Å². The lowest BCUT2D eigenvalue weighted by Crippen LogP contribution is -2.26. The number of nitrogens with zero attached hydrogens (tertiary/aromatic N) is 1. The minimum Gasteiger partial charge on any atom is -0.326 e. The van der Waals surface area contributed by atoms with Gasteiger partial charge in [0.25, 0.3) is 0 Å². The van der Waals surface area contributed by atoms with Gasteiger partial charge in [0.15, 0.2) is 0 Å². The maximum Gasteiger partial charge on any atom is 0.244 e. The lowest BCUT2D eigenvalue weighted by atomic mass is 10.2. The first kappa shape index (κ1) is 16.5. The molecule has 0 aliphatic rings. The quantitative estimate of drug-likeness (QED) is 0.906. The third-order valence-electron chi connectivity index (χ3n) is 3.11. The Morgan fingerprint density at radius 3 is 2.62 bits per heavy atom. The minimum absolute atomic E-state index is 0.274. The molecular weight excluding hydrogens is 328 g/mol. The highest BCUT2D eigenvalue weighted by Crippen LogP contribution is 2.28. The van der Waals surface area contributed by atoms with E-state index < -0.39 is 10.0 Å². The van der Waals surface area contributed by atoms with E-state index in [0.29, 0.717) is 16.5 Å². The summed E-state index contributed by atoms with van der Waals surface area (Å²) in [4.78, 5) is 1.95. The molecule has 21 heavy (non-hydrogen) atoms. The molecular formula is C14H17ClN2O2S2. The lowest BCUT2D eigenvalue weighted by Gasteiger charge is -2.17. The Hall–Kier alpha value is -0.920. The molecule has 1 aromatic heterocycles. The second-order valence-electron chi connectivity index (χ2n) is 4.73. The summed E-state index contributed by atoms with van der Waals surface area (Å²) in [5.74, 6) is 0. The van der Waals surface area contributed by atoms with Crippen molar-refractivity contribution in [3.63, 3.8) is 0 Å². The van der Waals surface area contributed by atoms with Crippen LogP contribution in [0.5, 0.6) is 0 Å². The van der Waals surface area contributed by atoms with Gasteiger partial charge in [-0.3, -0.25) is 0 Å². The summed E-state index contributed by atoms with van der Waals surface area (Å²) >= 11 is 7.34. The van der Waals surface area contributed by atoms with Gasteiger partial charge < -0.3 is 5.73 Å². The minimum atomic E-state index is -3.52. The highest BCUT2D eigenvalue weighted by molar-refractivity contribution is 7.89. The molecule has 2 aromatic rings. The summed E-state index contributed by atoms with van der Waals surface area (Å²) in [5.41, 5.74) is 6.43. The normalized spacial score (nSPS) is 12.0. The van der Waals surface area contributed by atoms with Gasteiger partial charge in [-0.05, 0) is 30.7 Å². The van der Waals surface area contributed by atoms with Crippen molar-refractivity contribution in [2.75, 3.05) is 7.05 Å². The van der Waals surface area contributed by atoms with Crippen LogP contribution in [0.2, 0.25) is 5.02 Å². The van der Waals surface area contributed by atoms with Crippen molar-refractivity contribution in [1.82, 2.24) is 4.31 Å². The van der Waals surface area contributed by atoms with E-state index in [0.717, 1.165) is 15.3 Å². The molecule has 0 amide bonds. The van der Waals surface area contributed by atoms with Crippen LogP contribution in [0.4, 0.5) is 0 Å². The van der Waals surface area contributed by atoms with Gasteiger partial charge in [0.1, 0.15) is 0 Å². The molecule has 114 valence electrons. The van der Waals surface area contributed by atoms with Crippen molar-refractivity contribution < 1.29 is 8.42 Å². The van der Waals surface area contributed by atoms with Crippen molar-refractivity contribution >= 4 is 33.0 Å². The Labute approximate surface area is 134 Å². The average molecular weight is 345 g/mol. The standard InChI is InChI=1S/C14H17ClN2O2S2/c1-10-14(7-13(8-16)20-10)21(18,19)17(2)9-11-4-3-5-12(15)6-11/h3-7H,8-9,16H2,1-2H3. The zero-order chi connectivity index (χ0) is 15.6. The van der Waals surface area contributed by atoms with Gasteiger partial charge in [-0.15, -0.1) is 11.3 Å². The summed E-state index contributed by atoms with van der Waals surface area (Å²) < 4.78 is 26.6. The van der Waals surface area contributed by atoms with Gasteiger partial charge in [-0.1, -0.05) is 23.7 Å². The topological polar surface area (TPSA) is 63.4 Å². The zero-order valence-electron chi connectivity index (χ0n) is 11.8. The van der Waals surface area contributed by atoms with Gasteiger partial charge in [-0.25, -0.2) is 8.42 Å². The largest absolute Gasteiger partial charge is 0.326 e. The molecule has 0 spiro atoms. The van der Waals surface area contributed by atoms with Crippen LogP contribution < -0.4 is 5.73 Å². The van der Waals surface area contributed by atoms with Gasteiger partial charge in [0.2, 0.25) is 10.0 Å². The van der Waals surface area contributed by atoms with E-state index in [1.165, 1.54) is 15.6 Å². The highest BCUT2D eigenvalue weighted by atomic mass is 35.5. The maximum atomic E-state index is 12.6.